The van der Waals surface area contributed by atoms with Crippen LogP contribution in [0.25, 0.3) is 53.1 Å². The van der Waals surface area contributed by atoms with Gasteiger partial charge in [0, 0.05) is 41.9 Å². The zero-order valence-corrected chi connectivity index (χ0v) is 21.0. The SMILES string of the molecule is Cc1ccc(-c2[c-]cccc2)nc1.[Ir].[c-]1cccc2c1c1nccc3sc4cccc2c4c31. The first-order valence-electron chi connectivity index (χ1n) is 10.5. The summed E-state index contributed by atoms with van der Waals surface area (Å²) < 4.78 is 2.66. The summed E-state index contributed by atoms with van der Waals surface area (Å²) >= 11 is 1.85. The minimum Gasteiger partial charge on any atom is -0.304 e. The van der Waals surface area contributed by atoms with Crippen LogP contribution in [0.15, 0.2) is 91.3 Å². The largest absolute Gasteiger partial charge is 0.304 e. The van der Waals surface area contributed by atoms with Crippen molar-refractivity contribution in [2.45, 2.75) is 6.92 Å². The topological polar surface area (TPSA) is 25.8 Å². The van der Waals surface area contributed by atoms with Crippen molar-refractivity contribution in [3.63, 3.8) is 0 Å². The van der Waals surface area contributed by atoms with Gasteiger partial charge in [0.1, 0.15) is 0 Å². The number of nitrogens with zero attached hydrogens (tertiary/aromatic N) is 2. The molecule has 7 aromatic rings. The first-order valence-corrected chi connectivity index (χ1v) is 11.3. The van der Waals surface area contributed by atoms with Crippen molar-refractivity contribution in [3.05, 3.63) is 109 Å². The Kier molecular flexibility index (Phi) is 5.90. The number of benzene rings is 4. The Hall–Kier alpha value is -3.17. The van der Waals surface area contributed by atoms with Crippen LogP contribution in [-0.2, 0) is 20.1 Å². The van der Waals surface area contributed by atoms with E-state index in [1.54, 1.807) is 0 Å². The van der Waals surface area contributed by atoms with E-state index in [-0.39, 0.29) is 20.1 Å². The summed E-state index contributed by atoms with van der Waals surface area (Å²) in [5.74, 6) is 0. The molecule has 0 amide bonds. The van der Waals surface area contributed by atoms with E-state index < -0.39 is 0 Å². The van der Waals surface area contributed by atoms with Gasteiger partial charge in [-0.05, 0) is 46.6 Å². The number of pyridine rings is 2. The number of hydrogen-bond donors (Lipinski definition) is 0. The van der Waals surface area contributed by atoms with Gasteiger partial charge in [-0.2, -0.15) is 0 Å². The Labute approximate surface area is 209 Å². The molecule has 0 bridgehead atoms. The molecule has 33 heavy (non-hydrogen) atoms. The van der Waals surface area contributed by atoms with Crippen LogP contribution < -0.4 is 0 Å². The average molecular weight is 619 g/mol. The Balaban J connectivity index is 0.000000144. The van der Waals surface area contributed by atoms with E-state index in [2.05, 4.69) is 64.6 Å². The van der Waals surface area contributed by atoms with E-state index in [0.29, 0.717) is 0 Å². The second kappa shape index (κ2) is 8.99. The van der Waals surface area contributed by atoms with Crippen LogP contribution in [-0.4, -0.2) is 9.97 Å². The van der Waals surface area contributed by atoms with Crippen molar-refractivity contribution in [2.75, 3.05) is 0 Å². The van der Waals surface area contributed by atoms with Gasteiger partial charge in [0.05, 0.1) is 0 Å². The summed E-state index contributed by atoms with van der Waals surface area (Å²) in [6.45, 7) is 2.03. The second-order valence-corrected chi connectivity index (χ2v) is 8.85. The van der Waals surface area contributed by atoms with Crippen LogP contribution in [0, 0.1) is 19.1 Å². The maximum atomic E-state index is 4.61. The number of thiophene rings is 1. The Morgan fingerprint density at radius 2 is 1.58 bits per heavy atom. The molecule has 4 aromatic carbocycles. The quantitative estimate of drug-likeness (QED) is 0.138. The summed E-state index contributed by atoms with van der Waals surface area (Å²) in [5.41, 5.74) is 4.28. The maximum Gasteiger partial charge on any atom is 0.0345 e. The summed E-state index contributed by atoms with van der Waals surface area (Å²) in [6, 6.07) is 33.3. The van der Waals surface area contributed by atoms with Gasteiger partial charge in [0.2, 0.25) is 0 Å². The van der Waals surface area contributed by atoms with Gasteiger partial charge in [-0.25, -0.2) is 0 Å². The van der Waals surface area contributed by atoms with Crippen molar-refractivity contribution in [2.24, 2.45) is 0 Å². The smallest absolute Gasteiger partial charge is 0.0345 e. The minimum absolute atomic E-state index is 0. The summed E-state index contributed by atoms with van der Waals surface area (Å²) in [5, 5.41) is 6.35. The molecule has 2 nitrogen and oxygen atoms in total. The van der Waals surface area contributed by atoms with Crippen molar-refractivity contribution in [1.82, 2.24) is 9.97 Å². The molecule has 0 aliphatic rings. The van der Waals surface area contributed by atoms with Gasteiger partial charge in [0.25, 0.3) is 0 Å². The van der Waals surface area contributed by atoms with Gasteiger partial charge in [-0.15, -0.1) is 76.9 Å². The number of fused-ring (bicyclic) bond motifs is 3. The molecule has 0 spiro atoms. The van der Waals surface area contributed by atoms with E-state index in [0.717, 1.165) is 22.2 Å². The molecule has 0 fully saturated rings. The standard InChI is InChI=1S/C17H8NS.C12H10N.Ir/c1-2-5-12-10(4-1)11-6-3-7-13-15(11)16-14(19-13)8-9-18-17(12)16;1-10-7-8-12(13-9-10)11-5-3-2-4-6-11;/h1-4,6-9H;2-5,7-9H,1H3;/q2*-1;. The molecule has 7 rings (SSSR count). The van der Waals surface area contributed by atoms with E-state index in [9.17, 15) is 0 Å². The van der Waals surface area contributed by atoms with Crippen molar-refractivity contribution in [3.8, 4) is 11.3 Å². The van der Waals surface area contributed by atoms with E-state index in [4.69, 9.17) is 0 Å². The van der Waals surface area contributed by atoms with Crippen LogP contribution in [0.1, 0.15) is 5.56 Å². The molecule has 3 heterocycles. The van der Waals surface area contributed by atoms with Gasteiger partial charge >= 0.3 is 0 Å². The molecule has 0 saturated heterocycles. The monoisotopic (exact) mass is 619 g/mol. The second-order valence-electron chi connectivity index (χ2n) is 7.77. The third kappa shape index (κ3) is 3.81. The Morgan fingerprint density at radius 3 is 2.39 bits per heavy atom. The third-order valence-corrected chi connectivity index (χ3v) is 6.81. The zero-order chi connectivity index (χ0) is 21.5. The third-order valence-electron chi connectivity index (χ3n) is 5.69. The summed E-state index contributed by atoms with van der Waals surface area (Å²) in [7, 11) is 0. The number of rotatable bonds is 1. The predicted molar refractivity (Wildman–Crippen MR) is 135 cm³/mol. The first kappa shape index (κ1) is 21.7. The summed E-state index contributed by atoms with van der Waals surface area (Å²) in [4.78, 5) is 8.93. The number of hydrogen-bond acceptors (Lipinski definition) is 3. The van der Waals surface area contributed by atoms with Crippen LogP contribution in [0.4, 0.5) is 0 Å². The molecule has 1 radical (unpaired) electrons. The molecular formula is C29H18IrN2S-2. The fourth-order valence-electron chi connectivity index (χ4n) is 4.21. The van der Waals surface area contributed by atoms with E-state index in [1.807, 2.05) is 67.1 Å². The molecule has 0 N–H and O–H groups in total. The van der Waals surface area contributed by atoms with E-state index >= 15 is 0 Å². The molecule has 3 aromatic heterocycles. The number of aryl methyl sites for hydroxylation is 1. The Morgan fingerprint density at radius 1 is 0.727 bits per heavy atom. The molecule has 0 atom stereocenters. The van der Waals surface area contributed by atoms with Crippen molar-refractivity contribution < 1.29 is 20.1 Å². The maximum absolute atomic E-state index is 4.61. The number of aromatic nitrogens is 2. The summed E-state index contributed by atoms with van der Waals surface area (Å²) in [6.07, 6.45) is 3.78. The van der Waals surface area contributed by atoms with Gasteiger partial charge in [-0.3, -0.25) is 0 Å². The van der Waals surface area contributed by atoms with Gasteiger partial charge < -0.3 is 9.97 Å². The molecule has 0 aliphatic carbocycles. The average Bonchev–Trinajstić information content (AvgIpc) is 3.25. The molecule has 0 unspecified atom stereocenters. The van der Waals surface area contributed by atoms with Crippen molar-refractivity contribution >= 4 is 53.2 Å². The normalized spacial score (nSPS) is 10.9. The molecule has 4 heteroatoms. The molecule has 0 aliphatic heterocycles. The fourth-order valence-corrected chi connectivity index (χ4v) is 5.34. The van der Waals surface area contributed by atoms with Crippen LogP contribution in [0.5, 0.6) is 0 Å². The predicted octanol–water partition coefficient (Wildman–Crippen LogP) is 7.85. The van der Waals surface area contributed by atoms with Crippen molar-refractivity contribution in [1.29, 1.82) is 0 Å². The van der Waals surface area contributed by atoms with Crippen LogP contribution in [0.2, 0.25) is 0 Å². The molecule has 161 valence electrons. The minimum atomic E-state index is 0. The fraction of sp³-hybridized carbons (Fsp3) is 0.0345. The molecular weight excluding hydrogens is 601 g/mol. The Bertz CT molecular complexity index is 1590. The van der Waals surface area contributed by atoms with Gasteiger partial charge in [0.15, 0.2) is 0 Å². The van der Waals surface area contributed by atoms with E-state index in [1.165, 1.54) is 36.5 Å². The van der Waals surface area contributed by atoms with Gasteiger partial charge in [-0.1, -0.05) is 35.0 Å². The zero-order valence-electron chi connectivity index (χ0n) is 17.8. The first-order chi connectivity index (χ1) is 15.8. The molecule has 0 saturated carbocycles. The van der Waals surface area contributed by atoms with Crippen LogP contribution >= 0.6 is 11.3 Å². The van der Waals surface area contributed by atoms with Crippen LogP contribution in [0.3, 0.4) is 0 Å².